The number of hydrazone groups is 1. The van der Waals surface area contributed by atoms with E-state index in [1.807, 2.05) is 0 Å². The van der Waals surface area contributed by atoms with E-state index in [0.29, 0.717) is 0 Å². The van der Waals surface area contributed by atoms with Crippen LogP contribution in [0.5, 0.6) is 0 Å². The van der Waals surface area contributed by atoms with Crippen molar-refractivity contribution in [3.8, 4) is 0 Å². The average molecular weight is 211 g/mol. The summed E-state index contributed by atoms with van der Waals surface area (Å²) >= 11 is 4.72. The molecule has 0 bridgehead atoms. The summed E-state index contributed by atoms with van der Waals surface area (Å²) in [4.78, 5) is 0. The summed E-state index contributed by atoms with van der Waals surface area (Å²) in [5, 5.41) is 4.51. The fourth-order valence-corrected chi connectivity index (χ4v) is 2.33. The third kappa shape index (κ3) is 2.67. The van der Waals surface area contributed by atoms with E-state index >= 15 is 0 Å². The minimum Gasteiger partial charge on any atom is -0.375 e. The van der Waals surface area contributed by atoms with Crippen LogP contribution in [0.2, 0.25) is 0 Å². The highest BCUT2D eigenvalue weighted by atomic mass is 32.1. The molecule has 0 aromatic rings. The smallest absolute Gasteiger partial charge is 0.184 e. The van der Waals surface area contributed by atoms with Gasteiger partial charge in [-0.3, -0.25) is 5.43 Å². The predicted molar refractivity (Wildman–Crippen MR) is 62.0 cm³/mol. The third-order valence-electron chi connectivity index (χ3n) is 3.15. The lowest BCUT2D eigenvalue weighted by Crippen LogP contribution is -2.27. The van der Waals surface area contributed by atoms with Gasteiger partial charge >= 0.3 is 0 Å². The topological polar surface area (TPSA) is 50.4 Å². The van der Waals surface area contributed by atoms with E-state index in [2.05, 4.69) is 10.5 Å². The Kier molecular flexibility index (Phi) is 3.01. The lowest BCUT2D eigenvalue weighted by Gasteiger charge is -2.22. The number of nitrogens with zero attached hydrogens (tertiary/aromatic N) is 1. The van der Waals surface area contributed by atoms with Crippen LogP contribution in [-0.2, 0) is 0 Å². The van der Waals surface area contributed by atoms with Gasteiger partial charge < -0.3 is 5.73 Å². The van der Waals surface area contributed by atoms with Crippen LogP contribution >= 0.6 is 12.2 Å². The first-order chi connectivity index (χ1) is 6.75. The first-order valence-corrected chi connectivity index (χ1v) is 5.77. The van der Waals surface area contributed by atoms with Crippen LogP contribution in [0.1, 0.15) is 38.5 Å². The van der Waals surface area contributed by atoms with Gasteiger partial charge in [0.1, 0.15) is 0 Å². The lowest BCUT2D eigenvalue weighted by molar-refractivity contribution is 0.408. The maximum absolute atomic E-state index is 5.33. The Labute approximate surface area is 90.1 Å². The molecule has 2 aliphatic rings. The highest BCUT2D eigenvalue weighted by molar-refractivity contribution is 7.80. The van der Waals surface area contributed by atoms with Crippen LogP contribution in [0.4, 0.5) is 0 Å². The molecule has 0 aromatic heterocycles. The van der Waals surface area contributed by atoms with Gasteiger partial charge in [0.15, 0.2) is 5.11 Å². The van der Waals surface area contributed by atoms with Crippen molar-refractivity contribution in [1.82, 2.24) is 5.43 Å². The maximum Gasteiger partial charge on any atom is 0.184 e. The molecule has 0 saturated heterocycles. The number of thiocarbonyl (C=S) groups is 1. The number of rotatable bonds is 2. The maximum atomic E-state index is 5.33. The Hall–Kier alpha value is -0.640. The molecule has 2 fully saturated rings. The zero-order valence-corrected chi connectivity index (χ0v) is 9.15. The van der Waals surface area contributed by atoms with Crippen molar-refractivity contribution in [1.29, 1.82) is 0 Å². The molecule has 2 aliphatic carbocycles. The lowest BCUT2D eigenvalue weighted by atomic mass is 9.84. The fraction of sp³-hybridized carbons (Fsp3) is 0.800. The molecular weight excluding hydrogens is 194 g/mol. The Morgan fingerprint density at radius 1 is 1.36 bits per heavy atom. The second kappa shape index (κ2) is 4.26. The van der Waals surface area contributed by atoms with Crippen molar-refractivity contribution >= 4 is 23.0 Å². The van der Waals surface area contributed by atoms with Crippen molar-refractivity contribution in [3.05, 3.63) is 0 Å². The van der Waals surface area contributed by atoms with Crippen molar-refractivity contribution in [3.63, 3.8) is 0 Å². The van der Waals surface area contributed by atoms with E-state index in [0.717, 1.165) is 24.7 Å². The molecule has 4 heteroatoms. The van der Waals surface area contributed by atoms with Gasteiger partial charge in [0, 0.05) is 5.71 Å². The molecule has 3 nitrogen and oxygen atoms in total. The van der Waals surface area contributed by atoms with Crippen LogP contribution < -0.4 is 11.2 Å². The number of nitrogens with two attached hydrogens (primary N) is 1. The van der Waals surface area contributed by atoms with Crippen LogP contribution in [0.25, 0.3) is 0 Å². The number of nitrogens with one attached hydrogen (secondary N) is 1. The Morgan fingerprint density at radius 3 is 2.79 bits per heavy atom. The number of hydrogen-bond donors (Lipinski definition) is 2. The van der Waals surface area contributed by atoms with Crippen LogP contribution in [0.15, 0.2) is 5.10 Å². The van der Waals surface area contributed by atoms with Gasteiger partial charge in [-0.25, -0.2) is 0 Å². The summed E-state index contributed by atoms with van der Waals surface area (Å²) in [6.45, 7) is 0. The molecule has 2 rings (SSSR count). The van der Waals surface area contributed by atoms with Crippen molar-refractivity contribution in [2.75, 3.05) is 0 Å². The predicted octanol–water partition coefficient (Wildman–Crippen LogP) is 1.78. The van der Waals surface area contributed by atoms with E-state index < -0.39 is 0 Å². The van der Waals surface area contributed by atoms with Gasteiger partial charge in [0.25, 0.3) is 0 Å². The first-order valence-electron chi connectivity index (χ1n) is 5.36. The molecular formula is C10H17N3S. The highest BCUT2D eigenvalue weighted by Gasteiger charge is 2.33. The van der Waals surface area contributed by atoms with Gasteiger partial charge in [-0.15, -0.1) is 0 Å². The summed E-state index contributed by atoms with van der Waals surface area (Å²) < 4.78 is 0. The second-order valence-electron chi connectivity index (χ2n) is 4.35. The molecule has 78 valence electrons. The largest absolute Gasteiger partial charge is 0.375 e. The summed E-state index contributed by atoms with van der Waals surface area (Å²) in [5.74, 6) is 1.88. The SMILES string of the molecule is NC(=S)NN=C1CCCC(C2CC2)C1. The van der Waals surface area contributed by atoms with Crippen LogP contribution in [0.3, 0.4) is 0 Å². The molecule has 0 aliphatic heterocycles. The number of hydrogen-bond acceptors (Lipinski definition) is 2. The molecule has 0 amide bonds. The van der Waals surface area contributed by atoms with Crippen molar-refractivity contribution in [2.24, 2.45) is 22.7 Å². The molecule has 0 heterocycles. The summed E-state index contributed by atoms with van der Waals surface area (Å²) in [7, 11) is 0. The first kappa shape index (κ1) is 9.90. The van der Waals surface area contributed by atoms with Crippen LogP contribution in [0, 0.1) is 11.8 Å². The van der Waals surface area contributed by atoms with Crippen LogP contribution in [-0.4, -0.2) is 10.8 Å². The van der Waals surface area contributed by atoms with Gasteiger partial charge in [0.05, 0.1) is 0 Å². The van der Waals surface area contributed by atoms with Gasteiger partial charge in [-0.1, -0.05) is 0 Å². The quantitative estimate of drug-likeness (QED) is 0.540. The molecule has 14 heavy (non-hydrogen) atoms. The molecule has 1 unspecified atom stereocenters. The third-order valence-corrected chi connectivity index (χ3v) is 3.24. The van der Waals surface area contributed by atoms with Crippen molar-refractivity contribution < 1.29 is 0 Å². The van der Waals surface area contributed by atoms with E-state index in [1.54, 1.807) is 0 Å². The molecule has 1 atom stereocenters. The minimum atomic E-state index is 0.269. The zero-order valence-electron chi connectivity index (χ0n) is 8.33. The van der Waals surface area contributed by atoms with E-state index in [1.165, 1.54) is 31.4 Å². The fourth-order valence-electron chi connectivity index (χ4n) is 2.28. The zero-order chi connectivity index (χ0) is 9.97. The highest BCUT2D eigenvalue weighted by Crippen LogP contribution is 2.43. The summed E-state index contributed by atoms with van der Waals surface area (Å²) in [6, 6.07) is 0. The Bertz CT molecular complexity index is 258. The normalized spacial score (nSPS) is 30.3. The Morgan fingerprint density at radius 2 is 2.14 bits per heavy atom. The molecule has 2 saturated carbocycles. The average Bonchev–Trinajstić information content (AvgIpc) is 2.98. The van der Waals surface area contributed by atoms with E-state index in [9.17, 15) is 0 Å². The minimum absolute atomic E-state index is 0.269. The molecule has 0 spiro atoms. The van der Waals surface area contributed by atoms with Gasteiger partial charge in [-0.2, -0.15) is 5.10 Å². The summed E-state index contributed by atoms with van der Waals surface area (Å²) in [6.07, 6.45) is 7.79. The molecule has 3 N–H and O–H groups in total. The van der Waals surface area contributed by atoms with Gasteiger partial charge in [0.2, 0.25) is 0 Å². The van der Waals surface area contributed by atoms with E-state index in [4.69, 9.17) is 18.0 Å². The molecule has 0 aromatic carbocycles. The molecule has 0 radical (unpaired) electrons. The van der Waals surface area contributed by atoms with Gasteiger partial charge in [-0.05, 0) is 62.6 Å². The monoisotopic (exact) mass is 211 g/mol. The van der Waals surface area contributed by atoms with Crippen molar-refractivity contribution in [2.45, 2.75) is 38.5 Å². The summed E-state index contributed by atoms with van der Waals surface area (Å²) in [5.41, 5.74) is 9.27. The second-order valence-corrected chi connectivity index (χ2v) is 4.79. The standard InChI is InChI=1S/C10H17N3S/c11-10(14)13-12-9-3-1-2-8(6-9)7-4-5-7/h7-8H,1-6H2,(H3,11,13,14). The Balaban J connectivity index is 1.86. The van der Waals surface area contributed by atoms with E-state index in [-0.39, 0.29) is 5.11 Å².